The van der Waals surface area contributed by atoms with Crippen molar-refractivity contribution in [1.82, 2.24) is 4.98 Å². The standard InChI is InChI=1S/C25H25N2O3.Pt/c1-25(2)13-11-19-21(12-14-25)30-24(26-19)17-6-3-7-18(15-17)29-22-10-9-16-5-4-8-20(28)23(16)27-22;/h3-10,19,21,28H,11-14H2,1-2H3;/q-1;/t19-,21-;/m0./s1. The number of aromatic nitrogens is 1. The van der Waals surface area contributed by atoms with Crippen LogP contribution in [0.4, 0.5) is 0 Å². The molecule has 2 aliphatic rings. The Balaban J connectivity index is 0.00000231. The molecule has 2 atom stereocenters. The average Bonchev–Trinajstić information content (AvgIpc) is 3.09. The Morgan fingerprint density at radius 2 is 1.87 bits per heavy atom. The van der Waals surface area contributed by atoms with Crippen molar-refractivity contribution in [3.8, 4) is 17.4 Å². The fourth-order valence-corrected chi connectivity index (χ4v) is 4.23. The Morgan fingerprint density at radius 1 is 1.06 bits per heavy atom. The molecule has 1 aromatic heterocycles. The third-order valence-electron chi connectivity index (χ3n) is 6.08. The van der Waals surface area contributed by atoms with Crippen molar-refractivity contribution in [2.24, 2.45) is 10.4 Å². The maximum absolute atomic E-state index is 10.0. The van der Waals surface area contributed by atoms with Gasteiger partial charge in [-0.15, -0.1) is 18.2 Å². The summed E-state index contributed by atoms with van der Waals surface area (Å²) in [6, 6.07) is 18.1. The Kier molecular flexibility index (Phi) is 6.07. The second-order valence-electron chi connectivity index (χ2n) is 8.93. The van der Waals surface area contributed by atoms with Crippen LogP contribution < -0.4 is 4.74 Å². The summed E-state index contributed by atoms with van der Waals surface area (Å²) in [6.07, 6.45) is 4.57. The molecular weight excluding hydrogens is 571 g/mol. The first-order chi connectivity index (χ1) is 14.5. The topological polar surface area (TPSA) is 63.9 Å². The van der Waals surface area contributed by atoms with Crippen LogP contribution in [-0.2, 0) is 25.8 Å². The zero-order chi connectivity index (χ0) is 20.7. The van der Waals surface area contributed by atoms with Gasteiger partial charge in [0.15, 0.2) is 0 Å². The number of phenols is 1. The predicted molar refractivity (Wildman–Crippen MR) is 116 cm³/mol. The van der Waals surface area contributed by atoms with E-state index in [0.717, 1.165) is 30.2 Å². The smallest absolute Gasteiger partial charge is 0.217 e. The molecule has 1 saturated carbocycles. The van der Waals surface area contributed by atoms with Crippen LogP contribution in [0, 0.1) is 11.5 Å². The molecule has 164 valence electrons. The predicted octanol–water partition coefficient (Wildman–Crippen LogP) is 5.64. The molecule has 2 aromatic carbocycles. The maximum atomic E-state index is 10.0. The van der Waals surface area contributed by atoms with Crippen molar-refractivity contribution >= 4 is 16.8 Å². The summed E-state index contributed by atoms with van der Waals surface area (Å²) in [5, 5.41) is 10.9. The van der Waals surface area contributed by atoms with Crippen molar-refractivity contribution in [3.63, 3.8) is 0 Å². The van der Waals surface area contributed by atoms with Gasteiger partial charge in [-0.25, -0.2) is 4.98 Å². The Morgan fingerprint density at radius 3 is 2.74 bits per heavy atom. The maximum Gasteiger partial charge on any atom is 0.217 e. The molecule has 1 fully saturated rings. The van der Waals surface area contributed by atoms with E-state index in [0.29, 0.717) is 28.5 Å². The zero-order valence-corrected chi connectivity index (χ0v) is 19.8. The number of benzene rings is 2. The number of hydrogen-bond donors (Lipinski definition) is 1. The van der Waals surface area contributed by atoms with Crippen LogP contribution >= 0.6 is 0 Å². The summed E-state index contributed by atoms with van der Waals surface area (Å²) in [5.41, 5.74) is 1.67. The molecule has 0 radical (unpaired) electrons. The van der Waals surface area contributed by atoms with Gasteiger partial charge >= 0.3 is 0 Å². The molecule has 0 bridgehead atoms. The minimum atomic E-state index is 0. The van der Waals surface area contributed by atoms with Gasteiger partial charge in [0.2, 0.25) is 5.88 Å². The number of nitrogens with zero attached hydrogens (tertiary/aromatic N) is 2. The molecule has 1 aliphatic heterocycles. The summed E-state index contributed by atoms with van der Waals surface area (Å²) in [7, 11) is 0. The molecule has 0 amide bonds. The fraction of sp³-hybridized carbons (Fsp3) is 0.360. The van der Waals surface area contributed by atoms with Crippen LogP contribution in [0.1, 0.15) is 45.1 Å². The summed E-state index contributed by atoms with van der Waals surface area (Å²) in [5.74, 6) is 1.72. The largest absolute Gasteiger partial charge is 0.515 e. The summed E-state index contributed by atoms with van der Waals surface area (Å²) in [4.78, 5) is 9.29. The van der Waals surface area contributed by atoms with Gasteiger partial charge in [-0.3, -0.25) is 4.99 Å². The number of rotatable bonds is 3. The average molecular weight is 597 g/mol. The second-order valence-corrected chi connectivity index (χ2v) is 8.93. The molecule has 31 heavy (non-hydrogen) atoms. The molecular formula is C25H25N2O3Pt-. The van der Waals surface area contributed by atoms with Gasteiger partial charge in [0.05, 0.1) is 6.04 Å². The monoisotopic (exact) mass is 596 g/mol. The van der Waals surface area contributed by atoms with Crippen molar-refractivity contribution < 1.29 is 35.6 Å². The van der Waals surface area contributed by atoms with E-state index in [-0.39, 0.29) is 39.0 Å². The molecule has 6 heteroatoms. The molecule has 0 saturated heterocycles. The first kappa shape index (κ1) is 21.8. The number of hydrogen-bond acceptors (Lipinski definition) is 5. The van der Waals surface area contributed by atoms with Gasteiger partial charge in [-0.05, 0) is 43.2 Å². The third-order valence-corrected chi connectivity index (χ3v) is 6.08. The van der Waals surface area contributed by atoms with E-state index >= 15 is 0 Å². The first-order valence-corrected chi connectivity index (χ1v) is 10.5. The number of ether oxygens (including phenoxy) is 2. The fourth-order valence-electron chi connectivity index (χ4n) is 4.23. The quantitative estimate of drug-likeness (QED) is 0.398. The van der Waals surface area contributed by atoms with E-state index in [1.54, 1.807) is 18.2 Å². The molecule has 5 rings (SSSR count). The second kappa shape index (κ2) is 8.62. The summed E-state index contributed by atoms with van der Waals surface area (Å²) in [6.45, 7) is 4.65. The Labute approximate surface area is 196 Å². The van der Waals surface area contributed by atoms with Crippen molar-refractivity contribution in [2.45, 2.75) is 51.7 Å². The normalized spacial score (nSPS) is 21.9. The van der Waals surface area contributed by atoms with Crippen LogP contribution in [0.5, 0.6) is 17.4 Å². The van der Waals surface area contributed by atoms with Crippen molar-refractivity contribution in [3.05, 3.63) is 60.2 Å². The number of phenolic OH excluding ortho intramolecular Hbond substituents is 1. The summed E-state index contributed by atoms with van der Waals surface area (Å²) >= 11 is 0. The van der Waals surface area contributed by atoms with Gasteiger partial charge in [0.25, 0.3) is 0 Å². The zero-order valence-electron chi connectivity index (χ0n) is 17.6. The minimum absolute atomic E-state index is 0. The van der Waals surface area contributed by atoms with Crippen LogP contribution in [0.25, 0.3) is 10.9 Å². The van der Waals surface area contributed by atoms with E-state index < -0.39 is 0 Å². The first-order valence-electron chi connectivity index (χ1n) is 10.5. The van der Waals surface area contributed by atoms with Crippen LogP contribution in [0.2, 0.25) is 0 Å². The van der Waals surface area contributed by atoms with Crippen molar-refractivity contribution in [2.75, 3.05) is 0 Å². The molecule has 5 nitrogen and oxygen atoms in total. The molecule has 0 unspecified atom stereocenters. The number of aliphatic imine (C=N–C) groups is 1. The van der Waals surface area contributed by atoms with E-state index in [2.05, 4.69) is 24.9 Å². The van der Waals surface area contributed by atoms with E-state index in [4.69, 9.17) is 14.5 Å². The molecule has 0 spiro atoms. The Bertz CT molecular complexity index is 1130. The SMILES string of the molecule is CC1(C)CC[C@@H]2N=C(c3[c-]c(Oc4ccc5cccc(O)c5n4)ccc3)O[C@H]2CC1.[Pt]. The molecule has 1 aliphatic carbocycles. The van der Waals surface area contributed by atoms with E-state index in [1.165, 1.54) is 6.42 Å². The number of aromatic hydroxyl groups is 1. The third kappa shape index (κ3) is 4.62. The van der Waals surface area contributed by atoms with E-state index in [9.17, 15) is 5.11 Å². The van der Waals surface area contributed by atoms with Gasteiger partial charge in [0.1, 0.15) is 23.3 Å². The minimum Gasteiger partial charge on any atom is -0.515 e. The number of para-hydroxylation sites is 1. The number of fused-ring (bicyclic) bond motifs is 2. The van der Waals surface area contributed by atoms with Crippen molar-refractivity contribution in [1.29, 1.82) is 0 Å². The molecule has 3 aromatic rings. The van der Waals surface area contributed by atoms with Crippen LogP contribution in [0.15, 0.2) is 53.5 Å². The molecule has 1 N–H and O–H groups in total. The van der Waals surface area contributed by atoms with Crippen LogP contribution in [-0.4, -0.2) is 28.1 Å². The Hall–Kier alpha value is -2.39. The van der Waals surface area contributed by atoms with Crippen LogP contribution in [0.3, 0.4) is 0 Å². The molecule has 2 heterocycles. The van der Waals surface area contributed by atoms with Gasteiger partial charge < -0.3 is 14.6 Å². The van der Waals surface area contributed by atoms with Gasteiger partial charge in [-0.1, -0.05) is 37.6 Å². The van der Waals surface area contributed by atoms with Gasteiger partial charge in [0, 0.05) is 38.3 Å². The van der Waals surface area contributed by atoms with Gasteiger partial charge in [-0.2, -0.15) is 0 Å². The van der Waals surface area contributed by atoms with E-state index in [1.807, 2.05) is 30.3 Å². The summed E-state index contributed by atoms with van der Waals surface area (Å²) < 4.78 is 12.1. The number of pyridine rings is 1.